The Morgan fingerprint density at radius 3 is 2.42 bits per heavy atom. The maximum absolute atomic E-state index is 12.9. The normalized spacial score (nSPS) is 23.9. The summed E-state index contributed by atoms with van der Waals surface area (Å²) in [4.78, 5) is 30.8. The molecule has 7 nitrogen and oxygen atoms in total. The van der Waals surface area contributed by atoms with Crippen LogP contribution in [0, 0.1) is 0 Å². The predicted octanol–water partition coefficient (Wildman–Crippen LogP) is 4.82. The quantitative estimate of drug-likeness (QED) is 0.559. The van der Waals surface area contributed by atoms with E-state index >= 15 is 0 Å². The fraction of sp³-hybridized carbons (Fsp3) is 0.481. The molecule has 3 aliphatic heterocycles. The second-order valence-corrected chi connectivity index (χ2v) is 11.1. The minimum Gasteiger partial charge on any atom is -0.465 e. The van der Waals surface area contributed by atoms with E-state index in [1.165, 1.54) is 4.90 Å². The Kier molecular flexibility index (Phi) is 7.07. The minimum absolute atomic E-state index is 0.129. The number of carbonyl (C=O) groups is 2. The molecule has 0 radical (unpaired) electrons. The third-order valence-electron chi connectivity index (χ3n) is 8.37. The van der Waals surface area contributed by atoms with Crippen molar-refractivity contribution in [1.29, 1.82) is 0 Å². The maximum Gasteiger partial charge on any atom is 0.407 e. The predicted molar refractivity (Wildman–Crippen MR) is 142 cm³/mol. The van der Waals surface area contributed by atoms with Crippen LogP contribution in [0.4, 0.5) is 10.5 Å². The molecular formula is C27H32Cl2N4O3. The molecule has 36 heavy (non-hydrogen) atoms. The van der Waals surface area contributed by atoms with Gasteiger partial charge < -0.3 is 25.1 Å². The Hall–Kier alpha value is -2.48. The van der Waals surface area contributed by atoms with Crippen LogP contribution in [-0.4, -0.2) is 71.8 Å². The highest BCUT2D eigenvalue weighted by Gasteiger charge is 2.50. The molecule has 3 saturated heterocycles. The third-order valence-corrected chi connectivity index (χ3v) is 9.11. The number of amides is 2. The maximum atomic E-state index is 12.9. The van der Waals surface area contributed by atoms with E-state index in [9.17, 15) is 14.7 Å². The van der Waals surface area contributed by atoms with Gasteiger partial charge in [0.1, 0.15) is 5.54 Å². The number of carbonyl (C=O) groups excluding carboxylic acids is 1. The highest BCUT2D eigenvalue weighted by molar-refractivity contribution is 6.42. The standard InChI is InChI=1S/C27H32Cl2N4O3/c28-22-8-7-20(17-23(22)29)26(10-16-32(18-26)25(35)36)9-4-13-31-14-11-27(12-15-31)24(34)30-19-33(27)21-5-2-1-3-6-21/h1-3,5-8,17H,4,9-16,18-19H2,(H,30,34)(H,35,36). The first-order valence-corrected chi connectivity index (χ1v) is 13.4. The van der Waals surface area contributed by atoms with Crippen LogP contribution >= 0.6 is 23.2 Å². The van der Waals surface area contributed by atoms with Crippen molar-refractivity contribution in [2.45, 2.75) is 43.1 Å². The number of hydrogen-bond acceptors (Lipinski definition) is 4. The highest BCUT2D eigenvalue weighted by atomic mass is 35.5. The summed E-state index contributed by atoms with van der Waals surface area (Å²) in [6, 6.07) is 15.8. The number of likely N-dealkylation sites (tertiary alicyclic amines) is 2. The molecule has 3 fully saturated rings. The smallest absolute Gasteiger partial charge is 0.407 e. The molecule has 0 aliphatic carbocycles. The molecule has 3 heterocycles. The molecule has 9 heteroatoms. The molecule has 2 aromatic rings. The van der Waals surface area contributed by atoms with Gasteiger partial charge >= 0.3 is 6.09 Å². The van der Waals surface area contributed by atoms with E-state index in [1.54, 1.807) is 6.07 Å². The topological polar surface area (TPSA) is 76.1 Å². The lowest BCUT2D eigenvalue weighted by Crippen LogP contribution is -2.56. The van der Waals surface area contributed by atoms with Crippen LogP contribution in [0.3, 0.4) is 0 Å². The summed E-state index contributed by atoms with van der Waals surface area (Å²) in [5, 5.41) is 13.7. The number of carboxylic acid groups (broad SMARTS) is 1. The van der Waals surface area contributed by atoms with Gasteiger partial charge in [0, 0.05) is 37.3 Å². The van der Waals surface area contributed by atoms with Gasteiger partial charge in [0.25, 0.3) is 0 Å². The SMILES string of the molecule is O=C(O)N1CCC(CCCN2CCC3(CC2)C(=O)NCN3c2ccccc2)(c2ccc(Cl)c(Cl)c2)C1. The van der Waals surface area contributed by atoms with E-state index in [4.69, 9.17) is 23.2 Å². The summed E-state index contributed by atoms with van der Waals surface area (Å²) in [6.07, 6.45) is 3.28. The number of nitrogens with zero attached hydrogens (tertiary/aromatic N) is 3. The average molecular weight is 531 g/mol. The van der Waals surface area contributed by atoms with Gasteiger partial charge in [0.05, 0.1) is 16.7 Å². The molecule has 0 saturated carbocycles. The van der Waals surface area contributed by atoms with Crippen molar-refractivity contribution < 1.29 is 14.7 Å². The summed E-state index contributed by atoms with van der Waals surface area (Å²) < 4.78 is 0. The number of para-hydroxylation sites is 1. The van der Waals surface area contributed by atoms with Crippen LogP contribution < -0.4 is 10.2 Å². The summed E-state index contributed by atoms with van der Waals surface area (Å²) in [6.45, 7) is 4.17. The second-order valence-electron chi connectivity index (χ2n) is 10.3. The first-order valence-electron chi connectivity index (χ1n) is 12.6. The van der Waals surface area contributed by atoms with Crippen LogP contribution in [-0.2, 0) is 10.2 Å². The lowest BCUT2D eigenvalue weighted by Gasteiger charge is -2.43. The molecule has 1 atom stereocenters. The van der Waals surface area contributed by atoms with Crippen molar-refractivity contribution in [2.24, 2.45) is 0 Å². The molecule has 2 aromatic carbocycles. The van der Waals surface area contributed by atoms with Crippen molar-refractivity contribution in [3.63, 3.8) is 0 Å². The molecule has 5 rings (SSSR count). The summed E-state index contributed by atoms with van der Waals surface area (Å²) in [5.41, 5.74) is 1.39. The van der Waals surface area contributed by atoms with E-state index < -0.39 is 11.6 Å². The Morgan fingerprint density at radius 2 is 1.75 bits per heavy atom. The van der Waals surface area contributed by atoms with Crippen LogP contribution in [0.2, 0.25) is 10.0 Å². The van der Waals surface area contributed by atoms with Crippen molar-refractivity contribution in [3.8, 4) is 0 Å². The number of piperidine rings is 1. The van der Waals surface area contributed by atoms with E-state index in [0.717, 1.165) is 63.0 Å². The molecule has 192 valence electrons. The number of halogens is 2. The van der Waals surface area contributed by atoms with Crippen molar-refractivity contribution in [3.05, 3.63) is 64.1 Å². The van der Waals surface area contributed by atoms with Crippen molar-refractivity contribution in [1.82, 2.24) is 15.1 Å². The Bertz CT molecular complexity index is 1120. The first-order chi connectivity index (χ1) is 17.3. The van der Waals surface area contributed by atoms with E-state index in [2.05, 4.69) is 27.2 Å². The zero-order chi connectivity index (χ0) is 25.3. The molecule has 1 spiro atoms. The zero-order valence-corrected chi connectivity index (χ0v) is 21.8. The number of anilines is 1. The Balaban J connectivity index is 1.23. The Labute approximate surface area is 221 Å². The molecule has 0 aromatic heterocycles. The van der Waals surface area contributed by atoms with Gasteiger partial charge in [-0.25, -0.2) is 4.79 Å². The number of benzene rings is 2. The van der Waals surface area contributed by atoms with Gasteiger partial charge in [-0.2, -0.15) is 0 Å². The summed E-state index contributed by atoms with van der Waals surface area (Å²) in [5.74, 6) is 0.129. The van der Waals surface area contributed by atoms with Gasteiger partial charge in [-0.1, -0.05) is 47.5 Å². The van der Waals surface area contributed by atoms with Crippen LogP contribution in [0.5, 0.6) is 0 Å². The van der Waals surface area contributed by atoms with Gasteiger partial charge in [0.15, 0.2) is 0 Å². The zero-order valence-electron chi connectivity index (χ0n) is 20.3. The van der Waals surface area contributed by atoms with Crippen molar-refractivity contribution in [2.75, 3.05) is 44.3 Å². The van der Waals surface area contributed by atoms with E-state index in [-0.39, 0.29) is 11.3 Å². The second kappa shape index (κ2) is 10.1. The number of rotatable bonds is 6. The molecule has 2 N–H and O–H groups in total. The summed E-state index contributed by atoms with van der Waals surface area (Å²) in [7, 11) is 0. The first kappa shape index (κ1) is 25.2. The lowest BCUT2D eigenvalue weighted by atomic mass is 9.76. The van der Waals surface area contributed by atoms with E-state index in [0.29, 0.717) is 29.8 Å². The van der Waals surface area contributed by atoms with Crippen LogP contribution in [0.15, 0.2) is 48.5 Å². The summed E-state index contributed by atoms with van der Waals surface area (Å²) >= 11 is 12.5. The third kappa shape index (κ3) is 4.64. The largest absolute Gasteiger partial charge is 0.465 e. The molecule has 2 amide bonds. The Morgan fingerprint density at radius 1 is 1.00 bits per heavy atom. The average Bonchev–Trinajstić information content (AvgIpc) is 3.46. The number of hydrogen-bond donors (Lipinski definition) is 2. The van der Waals surface area contributed by atoms with Gasteiger partial charge in [-0.3, -0.25) is 4.79 Å². The van der Waals surface area contributed by atoms with Gasteiger partial charge in [-0.05, 0) is 68.5 Å². The van der Waals surface area contributed by atoms with Crippen LogP contribution in [0.25, 0.3) is 0 Å². The van der Waals surface area contributed by atoms with Gasteiger partial charge in [0.2, 0.25) is 5.91 Å². The monoisotopic (exact) mass is 530 g/mol. The minimum atomic E-state index is -0.879. The molecule has 1 unspecified atom stereocenters. The fourth-order valence-electron chi connectivity index (χ4n) is 6.27. The fourth-order valence-corrected chi connectivity index (χ4v) is 6.56. The van der Waals surface area contributed by atoms with Gasteiger partial charge in [-0.15, -0.1) is 0 Å². The lowest BCUT2D eigenvalue weighted by molar-refractivity contribution is -0.125. The highest BCUT2D eigenvalue weighted by Crippen LogP contribution is 2.41. The van der Waals surface area contributed by atoms with Crippen LogP contribution in [0.1, 0.15) is 37.7 Å². The molecule has 3 aliphatic rings. The molecular weight excluding hydrogens is 499 g/mol. The van der Waals surface area contributed by atoms with E-state index in [1.807, 2.05) is 30.3 Å². The molecule has 0 bridgehead atoms. The van der Waals surface area contributed by atoms with Crippen molar-refractivity contribution >= 4 is 40.9 Å². The number of nitrogens with one attached hydrogen (secondary N) is 1.